The fourth-order valence-electron chi connectivity index (χ4n) is 3.24. The van der Waals surface area contributed by atoms with Gasteiger partial charge in [0.2, 0.25) is 0 Å². The Kier molecular flexibility index (Phi) is 5.92. The molecule has 30 heavy (non-hydrogen) atoms. The normalized spacial score (nSPS) is 12.8. The third-order valence-corrected chi connectivity index (χ3v) is 6.32. The Labute approximate surface area is 186 Å². The van der Waals surface area contributed by atoms with Crippen molar-refractivity contribution in [2.75, 3.05) is 11.5 Å². The summed E-state index contributed by atoms with van der Waals surface area (Å²) in [5.74, 6) is -1.13. The number of halogens is 2. The topological polar surface area (TPSA) is 46.6 Å². The summed E-state index contributed by atoms with van der Waals surface area (Å²) in [6.45, 7) is 2.02. The second-order valence-corrected chi connectivity index (χ2v) is 8.63. The van der Waals surface area contributed by atoms with Crippen LogP contribution in [-0.4, -0.2) is 18.5 Å². The summed E-state index contributed by atoms with van der Waals surface area (Å²) >= 11 is 4.70. The molecule has 4 rings (SSSR count). The first-order valence-electron chi connectivity index (χ1n) is 9.31. The van der Waals surface area contributed by atoms with Gasteiger partial charge < -0.3 is 9.64 Å². The molecular formula is C23H17BrFNO3S. The van der Waals surface area contributed by atoms with Crippen LogP contribution in [0.3, 0.4) is 0 Å². The van der Waals surface area contributed by atoms with Gasteiger partial charge in [0.05, 0.1) is 30.0 Å². The van der Waals surface area contributed by atoms with Crippen molar-refractivity contribution in [3.8, 4) is 0 Å². The van der Waals surface area contributed by atoms with E-state index in [1.54, 1.807) is 49.4 Å². The number of anilines is 1. The van der Waals surface area contributed by atoms with Gasteiger partial charge in [0.1, 0.15) is 5.82 Å². The number of nitrogens with zero attached hydrogens (tertiary/aromatic N) is 1. The minimum absolute atomic E-state index is 0.0338. The highest BCUT2D eigenvalue weighted by Crippen LogP contribution is 2.42. The largest absolute Gasteiger partial charge is 0.462 e. The quantitative estimate of drug-likeness (QED) is 0.420. The van der Waals surface area contributed by atoms with Gasteiger partial charge in [-0.2, -0.15) is 0 Å². The van der Waals surface area contributed by atoms with Crippen LogP contribution < -0.4 is 4.90 Å². The van der Waals surface area contributed by atoms with Gasteiger partial charge in [0, 0.05) is 19.8 Å². The number of amides is 1. The SMILES string of the molecule is CCOC(=O)c1ccc2c(c1)N(Cc1ccc(Br)cc1F)C(=O)c1ccccc1S2. The van der Waals surface area contributed by atoms with Gasteiger partial charge in [-0.3, -0.25) is 4.79 Å². The molecule has 0 spiro atoms. The maximum Gasteiger partial charge on any atom is 0.338 e. The number of benzene rings is 3. The van der Waals surface area contributed by atoms with Gasteiger partial charge in [0.15, 0.2) is 0 Å². The molecule has 3 aromatic carbocycles. The highest BCUT2D eigenvalue weighted by molar-refractivity contribution is 9.10. The van der Waals surface area contributed by atoms with Crippen LogP contribution in [0, 0.1) is 5.82 Å². The van der Waals surface area contributed by atoms with Crippen molar-refractivity contribution in [1.29, 1.82) is 0 Å². The molecule has 4 nitrogen and oxygen atoms in total. The second kappa shape index (κ2) is 8.62. The van der Waals surface area contributed by atoms with Crippen molar-refractivity contribution in [1.82, 2.24) is 0 Å². The first kappa shape index (κ1) is 20.6. The lowest BCUT2D eigenvalue weighted by molar-refractivity contribution is 0.0526. The molecule has 0 radical (unpaired) electrons. The van der Waals surface area contributed by atoms with E-state index in [0.717, 1.165) is 9.79 Å². The molecule has 0 fully saturated rings. The summed E-state index contributed by atoms with van der Waals surface area (Å²) < 4.78 is 20.3. The first-order valence-corrected chi connectivity index (χ1v) is 10.9. The van der Waals surface area contributed by atoms with Crippen LogP contribution in [0.25, 0.3) is 0 Å². The van der Waals surface area contributed by atoms with Crippen LogP contribution in [-0.2, 0) is 11.3 Å². The highest BCUT2D eigenvalue weighted by Gasteiger charge is 2.29. The van der Waals surface area contributed by atoms with Crippen molar-refractivity contribution in [3.05, 3.63) is 87.6 Å². The Morgan fingerprint density at radius 1 is 1.10 bits per heavy atom. The van der Waals surface area contributed by atoms with Crippen LogP contribution in [0.4, 0.5) is 10.1 Å². The van der Waals surface area contributed by atoms with Crippen molar-refractivity contribution < 1.29 is 18.7 Å². The van der Waals surface area contributed by atoms with E-state index in [2.05, 4.69) is 15.9 Å². The van der Waals surface area contributed by atoms with E-state index in [-0.39, 0.29) is 19.1 Å². The van der Waals surface area contributed by atoms with E-state index in [9.17, 15) is 14.0 Å². The Morgan fingerprint density at radius 3 is 2.67 bits per heavy atom. The van der Waals surface area contributed by atoms with Crippen molar-refractivity contribution in [2.24, 2.45) is 0 Å². The molecule has 7 heteroatoms. The van der Waals surface area contributed by atoms with E-state index in [1.807, 2.05) is 12.1 Å². The molecule has 0 aliphatic carbocycles. The maximum absolute atomic E-state index is 14.6. The van der Waals surface area contributed by atoms with Gasteiger partial charge in [-0.15, -0.1) is 0 Å². The van der Waals surface area contributed by atoms with Gasteiger partial charge in [-0.05, 0) is 49.4 Å². The molecule has 0 atom stereocenters. The Bertz CT molecular complexity index is 1150. The minimum Gasteiger partial charge on any atom is -0.462 e. The summed E-state index contributed by atoms with van der Waals surface area (Å²) in [5.41, 5.74) is 1.81. The van der Waals surface area contributed by atoms with Gasteiger partial charge in [0.25, 0.3) is 5.91 Å². The average Bonchev–Trinajstić information content (AvgIpc) is 2.84. The molecule has 1 heterocycles. The molecule has 0 saturated heterocycles. The molecule has 1 aliphatic rings. The molecule has 0 N–H and O–H groups in total. The molecule has 1 aliphatic heterocycles. The fraction of sp³-hybridized carbons (Fsp3) is 0.130. The van der Waals surface area contributed by atoms with Gasteiger partial charge >= 0.3 is 5.97 Å². The van der Waals surface area contributed by atoms with Crippen LogP contribution in [0.2, 0.25) is 0 Å². The van der Waals surface area contributed by atoms with E-state index in [4.69, 9.17) is 4.74 Å². The summed E-state index contributed by atoms with van der Waals surface area (Å²) in [4.78, 5) is 28.9. The smallest absolute Gasteiger partial charge is 0.338 e. The Balaban J connectivity index is 1.84. The third-order valence-electron chi connectivity index (χ3n) is 4.69. The van der Waals surface area contributed by atoms with Crippen LogP contribution in [0.15, 0.2) is 74.9 Å². The number of fused-ring (bicyclic) bond motifs is 2. The molecule has 0 bridgehead atoms. The lowest BCUT2D eigenvalue weighted by Crippen LogP contribution is -2.31. The number of carbonyl (C=O) groups is 2. The van der Waals surface area contributed by atoms with E-state index in [0.29, 0.717) is 26.9 Å². The molecule has 1 amide bonds. The zero-order valence-electron chi connectivity index (χ0n) is 16.0. The van der Waals surface area contributed by atoms with Crippen LogP contribution in [0.1, 0.15) is 33.2 Å². The fourth-order valence-corrected chi connectivity index (χ4v) is 4.63. The zero-order chi connectivity index (χ0) is 21.3. The number of hydrogen-bond acceptors (Lipinski definition) is 4. The van der Waals surface area contributed by atoms with E-state index in [1.165, 1.54) is 22.7 Å². The standard InChI is InChI=1S/C23H17BrFNO3S/c1-2-29-23(28)14-8-10-21-19(11-14)26(13-15-7-9-16(24)12-18(15)25)22(27)17-5-3-4-6-20(17)30-21/h3-12H,2,13H2,1H3. The van der Waals surface area contributed by atoms with Crippen LogP contribution >= 0.6 is 27.7 Å². The van der Waals surface area contributed by atoms with Crippen molar-refractivity contribution in [2.45, 2.75) is 23.3 Å². The van der Waals surface area contributed by atoms with E-state index >= 15 is 0 Å². The maximum atomic E-state index is 14.6. The third kappa shape index (κ3) is 4.00. The molecule has 0 unspecified atom stereocenters. The summed E-state index contributed by atoms with van der Waals surface area (Å²) in [6, 6.07) is 17.2. The summed E-state index contributed by atoms with van der Waals surface area (Å²) in [6.07, 6.45) is 0. The summed E-state index contributed by atoms with van der Waals surface area (Å²) in [7, 11) is 0. The predicted octanol–water partition coefficient (Wildman–Crippen LogP) is 6.08. The molecule has 152 valence electrons. The number of carbonyl (C=O) groups excluding carboxylic acids is 2. The number of rotatable bonds is 4. The summed E-state index contributed by atoms with van der Waals surface area (Å²) in [5, 5.41) is 0. The Hall–Kier alpha value is -2.64. The minimum atomic E-state index is -0.464. The van der Waals surface area contributed by atoms with Crippen molar-refractivity contribution in [3.63, 3.8) is 0 Å². The number of ether oxygens (including phenoxy) is 1. The predicted molar refractivity (Wildman–Crippen MR) is 118 cm³/mol. The first-order chi connectivity index (χ1) is 14.5. The Morgan fingerprint density at radius 2 is 1.90 bits per heavy atom. The molecule has 3 aromatic rings. The second-order valence-electron chi connectivity index (χ2n) is 6.63. The van der Waals surface area contributed by atoms with Crippen molar-refractivity contribution >= 4 is 45.3 Å². The monoisotopic (exact) mass is 485 g/mol. The lowest BCUT2D eigenvalue weighted by Gasteiger charge is -2.24. The molecule has 0 saturated carbocycles. The molecule has 0 aromatic heterocycles. The van der Waals surface area contributed by atoms with Gasteiger partial charge in [-0.25, -0.2) is 9.18 Å². The average molecular weight is 486 g/mol. The van der Waals surface area contributed by atoms with Crippen LogP contribution in [0.5, 0.6) is 0 Å². The van der Waals surface area contributed by atoms with E-state index < -0.39 is 11.8 Å². The number of hydrogen-bond donors (Lipinski definition) is 0. The lowest BCUT2D eigenvalue weighted by atomic mass is 10.1. The highest BCUT2D eigenvalue weighted by atomic mass is 79.9. The zero-order valence-corrected chi connectivity index (χ0v) is 18.4. The molecular weight excluding hydrogens is 469 g/mol. The van der Waals surface area contributed by atoms with Gasteiger partial charge in [-0.1, -0.05) is 45.9 Å². The number of esters is 1.